The van der Waals surface area contributed by atoms with Gasteiger partial charge < -0.3 is 9.13 Å². The summed E-state index contributed by atoms with van der Waals surface area (Å²) in [5.41, 5.74) is 0.252. The number of ketones is 1. The van der Waals surface area contributed by atoms with Gasteiger partial charge in [0.1, 0.15) is 0 Å². The van der Waals surface area contributed by atoms with E-state index in [1.54, 1.807) is 0 Å². The van der Waals surface area contributed by atoms with Crippen molar-refractivity contribution in [1.29, 1.82) is 0 Å². The molecule has 0 spiro atoms. The van der Waals surface area contributed by atoms with Crippen molar-refractivity contribution in [1.82, 2.24) is 23.2 Å². The van der Waals surface area contributed by atoms with E-state index in [0.717, 1.165) is 14.7 Å². The van der Waals surface area contributed by atoms with Gasteiger partial charge in [-0.05, 0) is 17.7 Å². The molecular weight excluding hydrogens is 462 g/mol. The summed E-state index contributed by atoms with van der Waals surface area (Å²) in [5, 5.41) is 0. The van der Waals surface area contributed by atoms with Crippen molar-refractivity contribution in [2.24, 2.45) is 28.2 Å². The highest BCUT2D eigenvalue weighted by Gasteiger charge is 2.27. The number of aryl methyl sites for hydroxylation is 2. The maximum absolute atomic E-state index is 13.5. The maximum atomic E-state index is 13.5. The van der Waals surface area contributed by atoms with Crippen LogP contribution in [0.25, 0.3) is 12.2 Å². The Balaban J connectivity index is 1.83. The number of aromatic nitrogens is 4. The molecule has 10 nitrogen and oxygen atoms in total. The molecule has 1 aliphatic rings. The van der Waals surface area contributed by atoms with Crippen LogP contribution in [0.3, 0.4) is 0 Å². The van der Waals surface area contributed by atoms with E-state index in [9.17, 15) is 24.0 Å². The molecule has 0 atom stereocenters. The molecule has 1 saturated heterocycles. The highest BCUT2D eigenvalue weighted by atomic mass is 16.2. The van der Waals surface area contributed by atoms with E-state index >= 15 is 0 Å². The van der Waals surface area contributed by atoms with Gasteiger partial charge in [-0.1, -0.05) is 30.3 Å². The predicted molar refractivity (Wildman–Crippen MR) is 137 cm³/mol. The van der Waals surface area contributed by atoms with Gasteiger partial charge in [0.15, 0.2) is 5.78 Å². The standard InChI is InChI=1S/C26H27N5O5/c1-27-13-20(23(33)29(3)25(27)35)10-18-15-31(12-17-8-6-5-7-9-17)16-19(22(18)32)11-21-14-28(2)26(36)30(4)24(21)34/h5-11,13-14H,12,15-16H2,1-4H3/b18-10+,19-11+. The van der Waals surface area contributed by atoms with E-state index in [0.29, 0.717) is 17.7 Å². The molecule has 0 saturated carbocycles. The monoisotopic (exact) mass is 489 g/mol. The molecule has 3 heterocycles. The number of nitrogens with zero attached hydrogens (tertiary/aromatic N) is 5. The number of carbonyl (C=O) groups excluding carboxylic acids is 1. The quantitative estimate of drug-likeness (QED) is 0.479. The van der Waals surface area contributed by atoms with Gasteiger partial charge in [0.05, 0.1) is 11.1 Å². The van der Waals surface area contributed by atoms with Crippen LogP contribution in [0.2, 0.25) is 0 Å². The summed E-state index contributed by atoms with van der Waals surface area (Å²) < 4.78 is 4.56. The van der Waals surface area contributed by atoms with Crippen LogP contribution in [-0.2, 0) is 39.5 Å². The van der Waals surface area contributed by atoms with Crippen LogP contribution >= 0.6 is 0 Å². The second-order valence-electron chi connectivity index (χ2n) is 8.98. The van der Waals surface area contributed by atoms with Crippen LogP contribution in [0.1, 0.15) is 16.7 Å². The van der Waals surface area contributed by atoms with Crippen molar-refractivity contribution in [2.45, 2.75) is 6.54 Å². The van der Waals surface area contributed by atoms with Crippen LogP contribution in [0, 0.1) is 0 Å². The summed E-state index contributed by atoms with van der Waals surface area (Å²) in [6, 6.07) is 9.74. The molecule has 186 valence electrons. The van der Waals surface area contributed by atoms with Gasteiger partial charge in [0.25, 0.3) is 11.1 Å². The minimum absolute atomic E-state index is 0.210. The van der Waals surface area contributed by atoms with E-state index < -0.39 is 22.5 Å². The number of Topliss-reactive ketones (excluding diaryl/α,β-unsaturated/α-hetero) is 1. The Morgan fingerprint density at radius 2 is 1.14 bits per heavy atom. The van der Waals surface area contributed by atoms with Crippen LogP contribution < -0.4 is 22.5 Å². The third-order valence-corrected chi connectivity index (χ3v) is 6.23. The van der Waals surface area contributed by atoms with E-state index in [-0.39, 0.29) is 30.0 Å². The van der Waals surface area contributed by atoms with Gasteiger partial charge in [-0.2, -0.15) is 0 Å². The zero-order valence-electron chi connectivity index (χ0n) is 20.6. The average molecular weight is 490 g/mol. The number of carbonyl (C=O) groups is 1. The van der Waals surface area contributed by atoms with Gasteiger partial charge in [-0.15, -0.1) is 0 Å². The number of hydrogen-bond acceptors (Lipinski definition) is 6. The zero-order valence-corrected chi connectivity index (χ0v) is 20.6. The minimum Gasteiger partial charge on any atom is -0.303 e. The Bertz CT molecular complexity index is 1550. The molecule has 1 aromatic carbocycles. The van der Waals surface area contributed by atoms with Gasteiger partial charge in [0.2, 0.25) is 0 Å². The molecule has 0 unspecified atom stereocenters. The SMILES string of the molecule is Cn1cc(/C=C2\CN(Cc3ccccc3)C/C(=C\c3cn(C)c(=O)n(C)c3=O)C2=O)c(=O)n(C)c1=O. The second kappa shape index (κ2) is 9.74. The van der Waals surface area contributed by atoms with Gasteiger partial charge >= 0.3 is 11.4 Å². The first-order valence-electron chi connectivity index (χ1n) is 11.3. The number of rotatable bonds is 4. The summed E-state index contributed by atoms with van der Waals surface area (Å²) in [5.74, 6) is -0.300. The summed E-state index contributed by atoms with van der Waals surface area (Å²) in [6.45, 7) is 1.10. The van der Waals surface area contributed by atoms with Crippen molar-refractivity contribution >= 4 is 17.9 Å². The molecule has 0 N–H and O–H groups in total. The van der Waals surface area contributed by atoms with E-state index in [1.165, 1.54) is 61.9 Å². The lowest BCUT2D eigenvalue weighted by Crippen LogP contribution is -2.40. The largest absolute Gasteiger partial charge is 0.330 e. The summed E-state index contributed by atoms with van der Waals surface area (Å²) >= 11 is 0. The first kappa shape index (κ1) is 24.8. The minimum atomic E-state index is -0.504. The molecule has 0 radical (unpaired) electrons. The molecule has 0 amide bonds. The third kappa shape index (κ3) is 4.76. The number of piperidine rings is 1. The molecule has 36 heavy (non-hydrogen) atoms. The smallest absolute Gasteiger partial charge is 0.303 e. The van der Waals surface area contributed by atoms with Crippen LogP contribution in [0.15, 0.2) is 73.0 Å². The lowest BCUT2D eigenvalue weighted by Gasteiger charge is -2.30. The first-order valence-corrected chi connectivity index (χ1v) is 11.3. The van der Waals surface area contributed by atoms with Crippen LogP contribution in [-0.4, -0.2) is 42.0 Å². The highest BCUT2D eigenvalue weighted by molar-refractivity contribution is 6.14. The Morgan fingerprint density at radius 1 is 0.694 bits per heavy atom. The summed E-state index contributed by atoms with van der Waals surface area (Å²) in [6.07, 6.45) is 5.84. The fourth-order valence-electron chi connectivity index (χ4n) is 4.31. The van der Waals surface area contributed by atoms with Crippen LogP contribution in [0.5, 0.6) is 0 Å². The van der Waals surface area contributed by atoms with E-state index in [4.69, 9.17) is 0 Å². The lowest BCUT2D eigenvalue weighted by molar-refractivity contribution is -0.113. The molecule has 2 aromatic heterocycles. The molecular formula is C26H27N5O5. The maximum Gasteiger partial charge on any atom is 0.330 e. The highest BCUT2D eigenvalue weighted by Crippen LogP contribution is 2.22. The van der Waals surface area contributed by atoms with Crippen LogP contribution in [0.4, 0.5) is 0 Å². The van der Waals surface area contributed by atoms with Crippen molar-refractivity contribution in [3.63, 3.8) is 0 Å². The second-order valence-corrected chi connectivity index (χ2v) is 8.98. The Morgan fingerprint density at radius 3 is 1.58 bits per heavy atom. The first-order chi connectivity index (χ1) is 17.1. The topological polar surface area (TPSA) is 108 Å². The molecule has 4 rings (SSSR count). The number of hydrogen-bond donors (Lipinski definition) is 0. The average Bonchev–Trinajstić information content (AvgIpc) is 2.86. The van der Waals surface area contributed by atoms with Gasteiger partial charge in [0, 0.05) is 71.4 Å². The molecule has 3 aromatic rings. The molecule has 0 aliphatic carbocycles. The predicted octanol–water partition coefficient (Wildman–Crippen LogP) is 0.0333. The molecule has 1 aliphatic heterocycles. The van der Waals surface area contributed by atoms with Gasteiger partial charge in [-0.3, -0.25) is 28.4 Å². The number of benzene rings is 1. The molecule has 10 heteroatoms. The fraction of sp³-hybridized carbons (Fsp3) is 0.269. The molecule has 1 fully saturated rings. The van der Waals surface area contributed by atoms with Gasteiger partial charge in [-0.25, -0.2) is 9.59 Å². The van der Waals surface area contributed by atoms with Crippen molar-refractivity contribution in [3.05, 3.63) is 112 Å². The number of likely N-dealkylation sites (tertiary alicyclic amines) is 1. The van der Waals surface area contributed by atoms with E-state index in [2.05, 4.69) is 0 Å². The normalized spacial score (nSPS) is 16.7. The lowest BCUT2D eigenvalue weighted by atomic mass is 9.94. The zero-order chi connectivity index (χ0) is 26.1. The Hall–Kier alpha value is -4.31. The summed E-state index contributed by atoms with van der Waals surface area (Å²) in [4.78, 5) is 65.1. The van der Waals surface area contributed by atoms with Crippen molar-refractivity contribution in [2.75, 3.05) is 13.1 Å². The fourth-order valence-corrected chi connectivity index (χ4v) is 4.31. The van der Waals surface area contributed by atoms with E-state index in [1.807, 2.05) is 35.2 Å². The Labute approximate surface area is 206 Å². The van der Waals surface area contributed by atoms with Crippen molar-refractivity contribution < 1.29 is 4.79 Å². The van der Waals surface area contributed by atoms with Crippen molar-refractivity contribution in [3.8, 4) is 0 Å². The Kier molecular flexibility index (Phi) is 6.71. The molecule has 0 bridgehead atoms. The summed E-state index contributed by atoms with van der Waals surface area (Å²) in [7, 11) is 5.85. The third-order valence-electron chi connectivity index (χ3n) is 6.23.